The van der Waals surface area contributed by atoms with Crippen LogP contribution in [0.1, 0.15) is 49.9 Å². The first-order chi connectivity index (χ1) is 10.2. The van der Waals surface area contributed by atoms with E-state index in [-0.39, 0.29) is 5.91 Å². The molecular weight excluding hydrogens is 264 g/mol. The fraction of sp³-hybridized carbons (Fsp3) is 0.588. The minimum Gasteiger partial charge on any atom is -0.493 e. The molecule has 1 fully saturated rings. The van der Waals surface area contributed by atoms with E-state index in [0.29, 0.717) is 23.6 Å². The zero-order chi connectivity index (χ0) is 15.2. The minimum absolute atomic E-state index is 0.00769. The number of anilines is 1. The Labute approximate surface area is 127 Å². The Morgan fingerprint density at radius 3 is 2.86 bits per heavy atom. The van der Waals surface area contributed by atoms with Crippen LogP contribution in [-0.2, 0) is 0 Å². The topological polar surface area (TPSA) is 55.6 Å². The number of amides is 1. The Hall–Kier alpha value is -1.71. The number of ether oxygens (including phenoxy) is 1. The van der Waals surface area contributed by atoms with E-state index in [1.165, 1.54) is 12.8 Å². The van der Waals surface area contributed by atoms with Crippen LogP contribution in [0.25, 0.3) is 0 Å². The van der Waals surface area contributed by atoms with Gasteiger partial charge in [0.2, 0.25) is 0 Å². The number of nitrogens with zero attached hydrogens (tertiary/aromatic N) is 1. The summed E-state index contributed by atoms with van der Waals surface area (Å²) in [5, 5.41) is 0. The van der Waals surface area contributed by atoms with E-state index in [2.05, 4.69) is 6.92 Å². The molecule has 2 N–H and O–H groups in total. The van der Waals surface area contributed by atoms with E-state index in [1.807, 2.05) is 24.0 Å². The van der Waals surface area contributed by atoms with Crippen LogP contribution in [0.3, 0.4) is 0 Å². The molecule has 0 radical (unpaired) electrons. The average Bonchev–Trinajstić information content (AvgIpc) is 2.72. The third-order valence-electron chi connectivity index (χ3n) is 4.28. The normalized spacial score (nSPS) is 19.1. The Morgan fingerprint density at radius 1 is 1.33 bits per heavy atom. The molecule has 0 saturated carbocycles. The first-order valence-corrected chi connectivity index (χ1v) is 7.97. The lowest BCUT2D eigenvalue weighted by atomic mass is 9.98. The smallest absolute Gasteiger partial charge is 0.259 e. The molecule has 1 aromatic carbocycles. The molecule has 0 aliphatic carbocycles. The summed E-state index contributed by atoms with van der Waals surface area (Å²) in [6.07, 6.45) is 4.56. The monoisotopic (exact) mass is 290 g/mol. The number of likely N-dealkylation sites (tertiary alicyclic amines) is 1. The molecule has 1 aliphatic heterocycles. The zero-order valence-electron chi connectivity index (χ0n) is 13.1. The van der Waals surface area contributed by atoms with Gasteiger partial charge in [-0.15, -0.1) is 0 Å². The van der Waals surface area contributed by atoms with E-state index < -0.39 is 0 Å². The zero-order valence-corrected chi connectivity index (χ0v) is 13.1. The Kier molecular flexibility index (Phi) is 5.48. The Balaban J connectivity index is 2.19. The van der Waals surface area contributed by atoms with E-state index in [0.717, 1.165) is 31.8 Å². The van der Waals surface area contributed by atoms with Gasteiger partial charge in [0, 0.05) is 18.8 Å². The van der Waals surface area contributed by atoms with Gasteiger partial charge < -0.3 is 15.4 Å². The van der Waals surface area contributed by atoms with E-state index in [1.54, 1.807) is 6.07 Å². The maximum atomic E-state index is 12.8. The first-order valence-electron chi connectivity index (χ1n) is 7.97. The van der Waals surface area contributed by atoms with Crippen LogP contribution in [0, 0.1) is 5.92 Å². The van der Waals surface area contributed by atoms with Crippen LogP contribution in [0.4, 0.5) is 5.69 Å². The summed E-state index contributed by atoms with van der Waals surface area (Å²) in [4.78, 5) is 14.8. The van der Waals surface area contributed by atoms with Gasteiger partial charge in [0.05, 0.1) is 6.61 Å². The molecule has 1 amide bonds. The lowest BCUT2D eigenvalue weighted by Gasteiger charge is -2.23. The van der Waals surface area contributed by atoms with Gasteiger partial charge in [-0.3, -0.25) is 4.79 Å². The Bertz CT molecular complexity index is 488. The fourth-order valence-electron chi connectivity index (χ4n) is 2.99. The molecule has 1 aliphatic rings. The van der Waals surface area contributed by atoms with Crippen LogP contribution in [-0.4, -0.2) is 30.5 Å². The number of benzene rings is 1. The molecule has 1 aromatic rings. The maximum Gasteiger partial charge on any atom is 0.259 e. The van der Waals surface area contributed by atoms with Crippen molar-refractivity contribution < 1.29 is 9.53 Å². The van der Waals surface area contributed by atoms with Crippen molar-refractivity contribution in [2.24, 2.45) is 5.92 Å². The van der Waals surface area contributed by atoms with E-state index >= 15 is 0 Å². The lowest BCUT2D eigenvalue weighted by Crippen LogP contribution is -2.33. The van der Waals surface area contributed by atoms with Crippen LogP contribution in [0.2, 0.25) is 0 Å². The molecular formula is C17H26N2O2. The summed E-state index contributed by atoms with van der Waals surface area (Å²) in [6, 6.07) is 5.41. The number of hydrogen-bond donors (Lipinski definition) is 1. The summed E-state index contributed by atoms with van der Waals surface area (Å²) in [7, 11) is 0. The summed E-state index contributed by atoms with van der Waals surface area (Å²) < 4.78 is 5.58. The molecule has 116 valence electrons. The van der Waals surface area contributed by atoms with Gasteiger partial charge in [0.15, 0.2) is 0 Å². The minimum atomic E-state index is 0.00769. The highest BCUT2D eigenvalue weighted by atomic mass is 16.5. The van der Waals surface area contributed by atoms with Crippen molar-refractivity contribution >= 4 is 11.6 Å². The quantitative estimate of drug-likeness (QED) is 0.865. The predicted octanol–water partition coefficient (Wildman–Crippen LogP) is 3.32. The molecule has 4 heteroatoms. The van der Waals surface area contributed by atoms with Gasteiger partial charge in [0.1, 0.15) is 11.3 Å². The van der Waals surface area contributed by atoms with Crippen molar-refractivity contribution in [1.29, 1.82) is 0 Å². The molecule has 4 nitrogen and oxygen atoms in total. The lowest BCUT2D eigenvalue weighted by molar-refractivity contribution is 0.0757. The molecule has 1 heterocycles. The van der Waals surface area contributed by atoms with Crippen LogP contribution >= 0.6 is 0 Å². The second kappa shape index (κ2) is 7.34. The molecule has 21 heavy (non-hydrogen) atoms. The van der Waals surface area contributed by atoms with Gasteiger partial charge in [-0.25, -0.2) is 0 Å². The molecule has 1 saturated heterocycles. The van der Waals surface area contributed by atoms with Crippen molar-refractivity contribution in [3.63, 3.8) is 0 Å². The van der Waals surface area contributed by atoms with Crippen molar-refractivity contribution in [1.82, 2.24) is 4.90 Å². The van der Waals surface area contributed by atoms with Gasteiger partial charge in [-0.1, -0.05) is 19.4 Å². The molecule has 1 unspecified atom stereocenters. The van der Waals surface area contributed by atoms with Crippen LogP contribution < -0.4 is 10.5 Å². The van der Waals surface area contributed by atoms with Gasteiger partial charge in [0.25, 0.3) is 5.91 Å². The summed E-state index contributed by atoms with van der Waals surface area (Å²) in [5.74, 6) is 1.34. The van der Waals surface area contributed by atoms with E-state index in [9.17, 15) is 4.79 Å². The number of hydrogen-bond acceptors (Lipinski definition) is 3. The third-order valence-corrected chi connectivity index (χ3v) is 4.28. The number of rotatable bonds is 4. The third kappa shape index (κ3) is 3.69. The molecule has 0 aromatic heterocycles. The van der Waals surface area contributed by atoms with Crippen molar-refractivity contribution in [3.05, 3.63) is 23.8 Å². The highest BCUT2D eigenvalue weighted by Gasteiger charge is 2.24. The van der Waals surface area contributed by atoms with Crippen LogP contribution in [0.15, 0.2) is 18.2 Å². The Morgan fingerprint density at radius 2 is 2.14 bits per heavy atom. The van der Waals surface area contributed by atoms with Crippen molar-refractivity contribution in [2.45, 2.75) is 39.5 Å². The van der Waals surface area contributed by atoms with Gasteiger partial charge in [-0.05, 0) is 44.2 Å². The SMILES string of the molecule is CCOc1cccc(N)c1C(=O)N1CCCC(CC)CC1. The molecule has 0 bridgehead atoms. The van der Waals surface area contributed by atoms with E-state index in [4.69, 9.17) is 10.5 Å². The summed E-state index contributed by atoms with van der Waals surface area (Å²) >= 11 is 0. The number of nitrogens with two attached hydrogens (primary N) is 1. The maximum absolute atomic E-state index is 12.8. The standard InChI is InChI=1S/C17H26N2O2/c1-3-13-7-6-11-19(12-10-13)17(20)16-14(18)8-5-9-15(16)21-4-2/h5,8-9,13H,3-4,6-7,10-12,18H2,1-2H3. The average molecular weight is 290 g/mol. The van der Waals surface area contributed by atoms with Gasteiger partial charge in [-0.2, -0.15) is 0 Å². The highest BCUT2D eigenvalue weighted by molar-refractivity contribution is 6.01. The number of nitrogen functional groups attached to an aromatic ring is 1. The van der Waals surface area contributed by atoms with Gasteiger partial charge >= 0.3 is 0 Å². The summed E-state index contributed by atoms with van der Waals surface area (Å²) in [6.45, 7) is 6.30. The van der Waals surface area contributed by atoms with Crippen molar-refractivity contribution in [2.75, 3.05) is 25.4 Å². The highest BCUT2D eigenvalue weighted by Crippen LogP contribution is 2.28. The second-order valence-electron chi connectivity index (χ2n) is 5.65. The second-order valence-corrected chi connectivity index (χ2v) is 5.65. The fourth-order valence-corrected chi connectivity index (χ4v) is 2.99. The van der Waals surface area contributed by atoms with Crippen LogP contribution in [0.5, 0.6) is 5.75 Å². The number of carbonyl (C=O) groups is 1. The molecule has 0 spiro atoms. The summed E-state index contributed by atoms with van der Waals surface area (Å²) in [5.41, 5.74) is 7.05. The first kappa shape index (κ1) is 15.7. The number of carbonyl (C=O) groups excluding carboxylic acids is 1. The van der Waals surface area contributed by atoms with Crippen molar-refractivity contribution in [3.8, 4) is 5.75 Å². The predicted molar refractivity (Wildman–Crippen MR) is 85.6 cm³/mol. The largest absolute Gasteiger partial charge is 0.493 e. The molecule has 1 atom stereocenters. The molecule has 2 rings (SSSR count).